The lowest BCUT2D eigenvalue weighted by Crippen LogP contribution is -2.38. The smallest absolute Gasteiger partial charge is 0.231 e. The second-order valence-corrected chi connectivity index (χ2v) is 7.94. The third-order valence-corrected chi connectivity index (χ3v) is 5.77. The van der Waals surface area contributed by atoms with E-state index in [4.69, 9.17) is 11.6 Å². The molecule has 5 heteroatoms. The van der Waals surface area contributed by atoms with Gasteiger partial charge in [-0.1, -0.05) is 41.9 Å². The number of rotatable bonds is 5. The molecule has 2 aliphatic rings. The topological polar surface area (TPSA) is 49.4 Å². The molecule has 0 aromatic heterocycles. The molecule has 4 rings (SSSR count). The van der Waals surface area contributed by atoms with E-state index in [2.05, 4.69) is 18.3 Å². The maximum Gasteiger partial charge on any atom is 0.231 e. The molecule has 0 spiro atoms. The molecule has 4 nitrogen and oxygen atoms in total. The molecular formula is C22H23ClN2O2. The van der Waals surface area contributed by atoms with Gasteiger partial charge in [-0.25, -0.2) is 0 Å². The largest absolute Gasteiger partial charge is 0.356 e. The van der Waals surface area contributed by atoms with Crippen LogP contribution in [0, 0.1) is 11.8 Å². The van der Waals surface area contributed by atoms with E-state index in [9.17, 15) is 9.59 Å². The molecule has 2 aromatic carbocycles. The van der Waals surface area contributed by atoms with E-state index >= 15 is 0 Å². The van der Waals surface area contributed by atoms with Crippen LogP contribution in [0.1, 0.15) is 24.5 Å². The van der Waals surface area contributed by atoms with Gasteiger partial charge in [-0.2, -0.15) is 0 Å². The second kappa shape index (κ2) is 7.35. The Morgan fingerprint density at radius 2 is 1.85 bits per heavy atom. The van der Waals surface area contributed by atoms with Crippen molar-refractivity contribution in [1.29, 1.82) is 0 Å². The predicted octanol–water partition coefficient (Wildman–Crippen LogP) is 3.61. The van der Waals surface area contributed by atoms with Crippen LogP contribution in [0.2, 0.25) is 5.02 Å². The lowest BCUT2D eigenvalue weighted by Gasteiger charge is -2.23. The van der Waals surface area contributed by atoms with Gasteiger partial charge >= 0.3 is 0 Å². The monoisotopic (exact) mass is 382 g/mol. The van der Waals surface area contributed by atoms with E-state index in [0.29, 0.717) is 18.0 Å². The maximum atomic E-state index is 13.0. The predicted molar refractivity (Wildman–Crippen MR) is 107 cm³/mol. The maximum absolute atomic E-state index is 13.0. The molecule has 140 valence electrons. The van der Waals surface area contributed by atoms with Crippen LogP contribution in [0.15, 0.2) is 48.5 Å². The molecule has 1 aliphatic carbocycles. The fourth-order valence-corrected chi connectivity index (χ4v) is 4.08. The van der Waals surface area contributed by atoms with Gasteiger partial charge in [0.2, 0.25) is 11.8 Å². The molecule has 2 amide bonds. The number of carbonyl (C=O) groups is 2. The number of para-hydroxylation sites is 1. The van der Waals surface area contributed by atoms with Crippen LogP contribution in [0.5, 0.6) is 0 Å². The summed E-state index contributed by atoms with van der Waals surface area (Å²) in [5.74, 6) is -0.301. The Morgan fingerprint density at radius 3 is 2.63 bits per heavy atom. The molecule has 1 saturated carbocycles. The van der Waals surface area contributed by atoms with Crippen LogP contribution in [-0.4, -0.2) is 24.4 Å². The Labute approximate surface area is 164 Å². The summed E-state index contributed by atoms with van der Waals surface area (Å²) in [4.78, 5) is 27.2. The van der Waals surface area contributed by atoms with Gasteiger partial charge in [0.25, 0.3) is 0 Å². The van der Waals surface area contributed by atoms with E-state index in [-0.39, 0.29) is 29.7 Å². The number of benzene rings is 2. The number of anilines is 1. The van der Waals surface area contributed by atoms with Gasteiger partial charge in [0, 0.05) is 23.3 Å². The molecule has 3 unspecified atom stereocenters. The van der Waals surface area contributed by atoms with Crippen molar-refractivity contribution >= 4 is 29.1 Å². The van der Waals surface area contributed by atoms with Crippen molar-refractivity contribution in [2.75, 3.05) is 11.4 Å². The normalized spacial score (nSPS) is 23.0. The number of hydrogen-bond acceptors (Lipinski definition) is 2. The van der Waals surface area contributed by atoms with Crippen LogP contribution in [0.4, 0.5) is 5.69 Å². The van der Waals surface area contributed by atoms with Crippen molar-refractivity contribution in [3.8, 4) is 0 Å². The van der Waals surface area contributed by atoms with Crippen molar-refractivity contribution in [3.05, 3.63) is 64.7 Å². The third-order valence-electron chi connectivity index (χ3n) is 5.52. The van der Waals surface area contributed by atoms with E-state index in [0.717, 1.165) is 24.1 Å². The lowest BCUT2D eigenvalue weighted by molar-refractivity contribution is -0.126. The number of halogens is 1. The zero-order valence-electron chi connectivity index (χ0n) is 15.3. The summed E-state index contributed by atoms with van der Waals surface area (Å²) in [6, 6.07) is 15.8. The van der Waals surface area contributed by atoms with Gasteiger partial charge in [-0.3, -0.25) is 9.59 Å². The summed E-state index contributed by atoms with van der Waals surface area (Å²) in [5.41, 5.74) is 3.34. The minimum atomic E-state index is -0.192. The van der Waals surface area contributed by atoms with Crippen molar-refractivity contribution in [2.24, 2.45) is 11.8 Å². The molecular weight excluding hydrogens is 360 g/mol. The third kappa shape index (κ3) is 3.72. The number of fused-ring (bicyclic) bond motifs is 1. The molecule has 2 aromatic rings. The number of hydrogen-bond donors (Lipinski definition) is 1. The number of nitrogens with zero attached hydrogens (tertiary/aromatic N) is 1. The highest BCUT2D eigenvalue weighted by atomic mass is 35.5. The van der Waals surface area contributed by atoms with Gasteiger partial charge in [0.05, 0.1) is 11.8 Å². The van der Waals surface area contributed by atoms with Gasteiger partial charge in [-0.15, -0.1) is 0 Å². The first-order valence-electron chi connectivity index (χ1n) is 9.47. The minimum absolute atomic E-state index is 0.0116. The van der Waals surface area contributed by atoms with E-state index in [1.807, 2.05) is 47.4 Å². The van der Waals surface area contributed by atoms with Gasteiger partial charge in [-0.05, 0) is 55.5 Å². The van der Waals surface area contributed by atoms with E-state index in [1.54, 1.807) is 0 Å². The fraction of sp³-hybridized carbons (Fsp3) is 0.364. The highest BCUT2D eigenvalue weighted by Gasteiger charge is 2.51. The standard InChI is InChI=1S/C22H23ClN2O2/c1-14-12-16-4-2-3-5-20(16)25(14)22(27)19-13-18(19)21(26)24-11-10-15-6-8-17(23)9-7-15/h2-9,14,18-19H,10-13H2,1H3,(H,24,26). The summed E-state index contributed by atoms with van der Waals surface area (Å²) in [7, 11) is 0. The summed E-state index contributed by atoms with van der Waals surface area (Å²) in [6.45, 7) is 2.64. The molecule has 3 atom stereocenters. The van der Waals surface area contributed by atoms with Crippen molar-refractivity contribution in [2.45, 2.75) is 32.2 Å². The van der Waals surface area contributed by atoms with Crippen molar-refractivity contribution in [1.82, 2.24) is 5.32 Å². The SMILES string of the molecule is CC1Cc2ccccc2N1C(=O)C1CC1C(=O)NCCc1ccc(Cl)cc1. The Hall–Kier alpha value is -2.33. The Balaban J connectivity index is 1.30. The first-order chi connectivity index (χ1) is 13.0. The molecule has 0 bridgehead atoms. The Kier molecular flexibility index (Phi) is 4.92. The quantitative estimate of drug-likeness (QED) is 0.858. The van der Waals surface area contributed by atoms with Crippen LogP contribution in [-0.2, 0) is 22.4 Å². The van der Waals surface area contributed by atoms with Crippen molar-refractivity contribution < 1.29 is 9.59 Å². The molecule has 27 heavy (non-hydrogen) atoms. The molecule has 0 radical (unpaired) electrons. The average molecular weight is 383 g/mol. The summed E-state index contributed by atoms with van der Waals surface area (Å²) >= 11 is 5.88. The molecule has 1 aliphatic heterocycles. The number of nitrogens with one attached hydrogen (secondary N) is 1. The first-order valence-corrected chi connectivity index (χ1v) is 9.85. The van der Waals surface area contributed by atoms with Crippen LogP contribution < -0.4 is 10.2 Å². The minimum Gasteiger partial charge on any atom is -0.356 e. The first kappa shape index (κ1) is 18.1. The van der Waals surface area contributed by atoms with Crippen LogP contribution in [0.25, 0.3) is 0 Å². The lowest BCUT2D eigenvalue weighted by atomic mass is 10.1. The fourth-order valence-electron chi connectivity index (χ4n) is 3.95. The number of amides is 2. The molecule has 1 N–H and O–H groups in total. The highest BCUT2D eigenvalue weighted by molar-refractivity contribution is 6.30. The number of carbonyl (C=O) groups excluding carboxylic acids is 2. The zero-order chi connectivity index (χ0) is 19.0. The Bertz CT molecular complexity index is 865. The van der Waals surface area contributed by atoms with Gasteiger partial charge in [0.1, 0.15) is 0 Å². The van der Waals surface area contributed by atoms with Crippen LogP contribution in [0.3, 0.4) is 0 Å². The summed E-state index contributed by atoms with van der Waals surface area (Å²) in [6.07, 6.45) is 2.29. The van der Waals surface area contributed by atoms with Crippen molar-refractivity contribution in [3.63, 3.8) is 0 Å². The van der Waals surface area contributed by atoms with Gasteiger partial charge < -0.3 is 10.2 Å². The Morgan fingerprint density at radius 1 is 1.11 bits per heavy atom. The molecule has 1 heterocycles. The highest BCUT2D eigenvalue weighted by Crippen LogP contribution is 2.43. The summed E-state index contributed by atoms with van der Waals surface area (Å²) < 4.78 is 0. The van der Waals surface area contributed by atoms with Crippen LogP contribution >= 0.6 is 11.6 Å². The average Bonchev–Trinajstić information content (AvgIpc) is 3.39. The zero-order valence-corrected chi connectivity index (χ0v) is 16.1. The van der Waals surface area contributed by atoms with E-state index in [1.165, 1.54) is 5.56 Å². The molecule has 0 saturated heterocycles. The second-order valence-electron chi connectivity index (χ2n) is 7.51. The summed E-state index contributed by atoms with van der Waals surface area (Å²) in [5, 5.41) is 3.68. The van der Waals surface area contributed by atoms with E-state index < -0.39 is 0 Å². The molecule has 1 fully saturated rings. The van der Waals surface area contributed by atoms with Gasteiger partial charge in [0.15, 0.2) is 0 Å².